The Balaban J connectivity index is 2.23. The molecule has 0 fully saturated rings. The standard InChI is InChI=1S/C22H18O5/c1-26-16-13-17(27-2)19(21(24)15-11-7-4-8-12-15)22(25)18(16)20(23)14-9-5-3-6-10-14/h3-13,25H,1-2H3. The van der Waals surface area contributed by atoms with E-state index in [1.165, 1.54) is 20.3 Å². The average Bonchev–Trinajstić information content (AvgIpc) is 2.73. The summed E-state index contributed by atoms with van der Waals surface area (Å²) in [6.45, 7) is 0. The van der Waals surface area contributed by atoms with Crippen molar-refractivity contribution >= 4 is 11.6 Å². The minimum atomic E-state index is -0.464. The lowest BCUT2D eigenvalue weighted by atomic mass is 9.94. The molecular formula is C22H18O5. The van der Waals surface area contributed by atoms with Crippen LogP contribution in [0.3, 0.4) is 0 Å². The maximum atomic E-state index is 13.0. The van der Waals surface area contributed by atoms with Gasteiger partial charge in [-0.05, 0) is 0 Å². The predicted octanol–water partition coefficient (Wildman–Crippen LogP) is 3.87. The average molecular weight is 362 g/mol. The van der Waals surface area contributed by atoms with E-state index in [1.54, 1.807) is 60.7 Å². The summed E-state index contributed by atoms with van der Waals surface area (Å²) in [4.78, 5) is 25.9. The van der Waals surface area contributed by atoms with Crippen molar-refractivity contribution in [3.05, 3.63) is 89.0 Å². The topological polar surface area (TPSA) is 72.8 Å². The van der Waals surface area contributed by atoms with Crippen LogP contribution >= 0.6 is 0 Å². The van der Waals surface area contributed by atoms with Gasteiger partial charge in [-0.1, -0.05) is 60.7 Å². The monoisotopic (exact) mass is 362 g/mol. The van der Waals surface area contributed by atoms with Crippen LogP contribution in [0.25, 0.3) is 0 Å². The Morgan fingerprint density at radius 3 is 1.41 bits per heavy atom. The van der Waals surface area contributed by atoms with Crippen LogP contribution in [0.2, 0.25) is 0 Å². The Morgan fingerprint density at radius 1 is 0.704 bits per heavy atom. The summed E-state index contributed by atoms with van der Waals surface area (Å²) >= 11 is 0. The molecule has 5 nitrogen and oxygen atoms in total. The van der Waals surface area contributed by atoms with Gasteiger partial charge in [0.15, 0.2) is 0 Å². The van der Waals surface area contributed by atoms with Crippen molar-refractivity contribution in [3.8, 4) is 17.2 Å². The van der Waals surface area contributed by atoms with Crippen LogP contribution in [-0.4, -0.2) is 30.9 Å². The zero-order valence-corrected chi connectivity index (χ0v) is 14.9. The fraction of sp³-hybridized carbons (Fsp3) is 0.0909. The number of carbonyl (C=O) groups is 2. The molecular weight excluding hydrogens is 344 g/mol. The first-order valence-electron chi connectivity index (χ1n) is 8.26. The Morgan fingerprint density at radius 2 is 1.07 bits per heavy atom. The summed E-state index contributed by atoms with van der Waals surface area (Å²) < 4.78 is 10.6. The van der Waals surface area contributed by atoms with Crippen LogP contribution in [0, 0.1) is 0 Å². The largest absolute Gasteiger partial charge is 0.506 e. The van der Waals surface area contributed by atoms with Crippen molar-refractivity contribution < 1.29 is 24.2 Å². The second-order valence-electron chi connectivity index (χ2n) is 5.77. The highest BCUT2D eigenvalue weighted by Crippen LogP contribution is 2.40. The maximum Gasteiger partial charge on any atom is 0.200 e. The third kappa shape index (κ3) is 3.40. The number of phenolic OH excluding ortho intramolecular Hbond substituents is 1. The van der Waals surface area contributed by atoms with Crippen molar-refractivity contribution in [1.82, 2.24) is 0 Å². The highest BCUT2D eigenvalue weighted by atomic mass is 16.5. The lowest BCUT2D eigenvalue weighted by Gasteiger charge is -2.16. The fourth-order valence-corrected chi connectivity index (χ4v) is 2.85. The number of phenols is 1. The number of ketones is 2. The molecule has 0 saturated heterocycles. The Kier molecular flexibility index (Phi) is 5.22. The fourth-order valence-electron chi connectivity index (χ4n) is 2.85. The van der Waals surface area contributed by atoms with Gasteiger partial charge in [0, 0.05) is 17.2 Å². The predicted molar refractivity (Wildman–Crippen MR) is 101 cm³/mol. The van der Waals surface area contributed by atoms with E-state index in [2.05, 4.69) is 0 Å². The summed E-state index contributed by atoms with van der Waals surface area (Å²) in [6, 6.07) is 18.4. The van der Waals surface area contributed by atoms with Gasteiger partial charge < -0.3 is 14.6 Å². The van der Waals surface area contributed by atoms with Crippen LogP contribution in [0.1, 0.15) is 31.8 Å². The molecule has 0 amide bonds. The van der Waals surface area contributed by atoms with E-state index in [-0.39, 0.29) is 22.6 Å². The number of carbonyl (C=O) groups excluding carboxylic acids is 2. The molecule has 27 heavy (non-hydrogen) atoms. The van der Waals surface area contributed by atoms with E-state index in [9.17, 15) is 14.7 Å². The first-order valence-corrected chi connectivity index (χ1v) is 8.26. The van der Waals surface area contributed by atoms with Crippen LogP contribution < -0.4 is 9.47 Å². The first-order chi connectivity index (χ1) is 13.1. The molecule has 0 saturated carbocycles. The van der Waals surface area contributed by atoms with E-state index in [4.69, 9.17) is 9.47 Å². The van der Waals surface area contributed by atoms with Crippen molar-refractivity contribution in [2.24, 2.45) is 0 Å². The van der Waals surface area contributed by atoms with Gasteiger partial charge >= 0.3 is 0 Å². The second kappa shape index (κ2) is 7.74. The summed E-state index contributed by atoms with van der Waals surface area (Å²) in [6.07, 6.45) is 0. The van der Waals surface area contributed by atoms with Crippen LogP contribution in [-0.2, 0) is 0 Å². The van der Waals surface area contributed by atoms with Crippen LogP contribution in [0.5, 0.6) is 17.2 Å². The zero-order chi connectivity index (χ0) is 19.4. The van der Waals surface area contributed by atoms with Gasteiger partial charge in [0.05, 0.1) is 14.2 Å². The lowest BCUT2D eigenvalue weighted by molar-refractivity contribution is 0.103. The molecule has 0 unspecified atom stereocenters. The van der Waals surface area contributed by atoms with Gasteiger partial charge in [-0.15, -0.1) is 0 Å². The maximum absolute atomic E-state index is 13.0. The number of methoxy groups -OCH3 is 2. The molecule has 0 spiro atoms. The van der Waals surface area contributed by atoms with Crippen molar-refractivity contribution in [1.29, 1.82) is 0 Å². The van der Waals surface area contributed by atoms with Crippen molar-refractivity contribution in [2.75, 3.05) is 14.2 Å². The molecule has 136 valence electrons. The quantitative estimate of drug-likeness (QED) is 0.674. The first kappa shape index (κ1) is 18.2. The number of hydrogen-bond acceptors (Lipinski definition) is 5. The number of ether oxygens (including phenoxy) is 2. The SMILES string of the molecule is COc1cc(OC)c(C(=O)c2ccccc2)c(O)c1C(=O)c1ccccc1. The molecule has 1 N–H and O–H groups in total. The van der Waals surface area contributed by atoms with Crippen molar-refractivity contribution in [3.63, 3.8) is 0 Å². The summed E-state index contributed by atoms with van der Waals surface area (Å²) in [5, 5.41) is 10.9. The number of aromatic hydroxyl groups is 1. The molecule has 0 aliphatic carbocycles. The second-order valence-corrected chi connectivity index (χ2v) is 5.77. The molecule has 3 aromatic rings. The minimum Gasteiger partial charge on any atom is -0.506 e. The number of rotatable bonds is 6. The van der Waals surface area contributed by atoms with Crippen LogP contribution in [0.15, 0.2) is 66.7 Å². The number of hydrogen-bond donors (Lipinski definition) is 1. The van der Waals surface area contributed by atoms with E-state index in [0.717, 1.165) is 0 Å². The van der Waals surface area contributed by atoms with Gasteiger partial charge in [0.1, 0.15) is 28.4 Å². The van der Waals surface area contributed by atoms with E-state index in [0.29, 0.717) is 11.1 Å². The highest BCUT2D eigenvalue weighted by Gasteiger charge is 2.29. The molecule has 0 atom stereocenters. The van der Waals surface area contributed by atoms with Gasteiger partial charge in [-0.3, -0.25) is 9.59 Å². The van der Waals surface area contributed by atoms with E-state index in [1.807, 2.05) is 0 Å². The Labute approximate surface area is 156 Å². The number of benzene rings is 3. The molecule has 0 aliphatic rings. The molecule has 5 heteroatoms. The Bertz CT molecular complexity index is 901. The lowest BCUT2D eigenvalue weighted by Crippen LogP contribution is -2.11. The molecule has 3 rings (SSSR count). The summed E-state index contributed by atoms with van der Waals surface area (Å²) in [5.41, 5.74) is 0.580. The highest BCUT2D eigenvalue weighted by molar-refractivity contribution is 6.18. The van der Waals surface area contributed by atoms with Crippen LogP contribution in [0.4, 0.5) is 0 Å². The van der Waals surface area contributed by atoms with Crippen molar-refractivity contribution in [2.45, 2.75) is 0 Å². The third-order valence-corrected chi connectivity index (χ3v) is 4.19. The van der Waals surface area contributed by atoms with E-state index >= 15 is 0 Å². The third-order valence-electron chi connectivity index (χ3n) is 4.19. The smallest absolute Gasteiger partial charge is 0.200 e. The zero-order valence-electron chi connectivity index (χ0n) is 14.9. The molecule has 0 bridgehead atoms. The van der Waals surface area contributed by atoms with Gasteiger partial charge in [-0.25, -0.2) is 0 Å². The molecule has 0 heterocycles. The molecule has 0 aliphatic heterocycles. The summed E-state index contributed by atoms with van der Waals surface area (Å²) in [7, 11) is 2.77. The Hall–Kier alpha value is -3.60. The minimum absolute atomic E-state index is 0.0798. The van der Waals surface area contributed by atoms with E-state index < -0.39 is 17.3 Å². The molecule has 3 aromatic carbocycles. The molecule has 0 aromatic heterocycles. The van der Waals surface area contributed by atoms with Gasteiger partial charge in [0.2, 0.25) is 11.6 Å². The van der Waals surface area contributed by atoms with Gasteiger partial charge in [0.25, 0.3) is 0 Å². The van der Waals surface area contributed by atoms with Gasteiger partial charge in [-0.2, -0.15) is 0 Å². The summed E-state index contributed by atoms with van der Waals surface area (Å²) in [5.74, 6) is -1.11. The normalized spacial score (nSPS) is 10.3. The molecule has 0 radical (unpaired) electrons.